The number of rotatable bonds is 14. The molecule has 0 saturated carbocycles. The van der Waals surface area contributed by atoms with E-state index in [0.717, 1.165) is 31.2 Å². The number of carbonyl (C=O) groups excluding carboxylic acids is 2. The Balaban J connectivity index is 1.92. The maximum atomic E-state index is 13.4. The predicted octanol–water partition coefficient (Wildman–Crippen LogP) is 5.83. The zero-order chi connectivity index (χ0) is 30.2. The first-order valence-corrected chi connectivity index (χ1v) is 15.7. The second-order valence-corrected chi connectivity index (χ2v) is 12.1. The number of hydrogen-bond acceptors (Lipinski definition) is 6. The third-order valence-corrected chi connectivity index (χ3v) is 8.92. The van der Waals surface area contributed by atoms with Gasteiger partial charge in [-0.1, -0.05) is 87.7 Å². The summed E-state index contributed by atoms with van der Waals surface area (Å²) in [5.41, 5.74) is 3.30. The van der Waals surface area contributed by atoms with Crippen molar-refractivity contribution in [3.05, 3.63) is 65.4 Å². The highest BCUT2D eigenvalue weighted by atomic mass is 32.2. The van der Waals surface area contributed by atoms with Crippen molar-refractivity contribution < 1.29 is 22.5 Å². The third-order valence-electron chi connectivity index (χ3n) is 7.53. The second kappa shape index (κ2) is 14.3. The number of nitrogens with zero attached hydrogens (tertiary/aromatic N) is 2. The summed E-state index contributed by atoms with van der Waals surface area (Å²) in [4.78, 5) is 28.1. The molecule has 41 heavy (non-hydrogen) atoms. The second-order valence-electron chi connectivity index (χ2n) is 10.4. The average Bonchev–Trinajstić information content (AvgIpc) is 3.28. The molecule has 3 aromatic rings. The largest absolute Gasteiger partial charge is 0.357 e. The van der Waals surface area contributed by atoms with Crippen LogP contribution in [0.25, 0.3) is 11.1 Å². The van der Waals surface area contributed by atoms with Gasteiger partial charge in [0.25, 0.3) is 10.0 Å². The zero-order valence-corrected chi connectivity index (χ0v) is 25.7. The van der Waals surface area contributed by atoms with Gasteiger partial charge in [-0.3, -0.25) is 9.59 Å². The third kappa shape index (κ3) is 7.75. The van der Waals surface area contributed by atoms with E-state index in [0.29, 0.717) is 28.8 Å². The van der Waals surface area contributed by atoms with Crippen LogP contribution in [0.5, 0.6) is 0 Å². The summed E-state index contributed by atoms with van der Waals surface area (Å²) < 4.78 is 34.3. The Bertz CT molecular complexity index is 1430. The molecule has 0 bridgehead atoms. The molecule has 2 aromatic carbocycles. The number of aryl methyl sites for hydroxylation is 1. The number of anilines is 1. The van der Waals surface area contributed by atoms with Crippen molar-refractivity contribution in [1.29, 1.82) is 0 Å². The maximum absolute atomic E-state index is 13.4. The Morgan fingerprint density at radius 3 is 2.29 bits per heavy atom. The van der Waals surface area contributed by atoms with Crippen molar-refractivity contribution in [3.8, 4) is 11.1 Å². The van der Waals surface area contributed by atoms with E-state index in [1.807, 2.05) is 38.1 Å². The van der Waals surface area contributed by atoms with Gasteiger partial charge in [0.2, 0.25) is 17.7 Å². The first-order valence-electron chi connectivity index (χ1n) is 14.2. The Hall–Kier alpha value is -3.66. The van der Waals surface area contributed by atoms with Gasteiger partial charge in [-0.25, -0.2) is 13.1 Å². The van der Waals surface area contributed by atoms with Crippen LogP contribution in [0.3, 0.4) is 0 Å². The number of aromatic nitrogens is 1. The molecule has 0 fully saturated rings. The fraction of sp³-hybridized carbons (Fsp3) is 0.452. The average molecular weight is 583 g/mol. The van der Waals surface area contributed by atoms with E-state index in [1.165, 1.54) is 0 Å². The van der Waals surface area contributed by atoms with Crippen LogP contribution in [-0.2, 0) is 26.2 Å². The van der Waals surface area contributed by atoms with Crippen LogP contribution < -0.4 is 10.0 Å². The van der Waals surface area contributed by atoms with Crippen molar-refractivity contribution >= 4 is 27.7 Å². The molecule has 2 amide bonds. The molecule has 0 radical (unpaired) electrons. The van der Waals surface area contributed by atoms with Crippen molar-refractivity contribution in [2.24, 2.45) is 5.92 Å². The highest BCUT2D eigenvalue weighted by molar-refractivity contribution is 7.92. The Labute approximate surface area is 243 Å². The molecule has 3 rings (SSSR count). The smallest absolute Gasteiger partial charge is 0.264 e. The van der Waals surface area contributed by atoms with Crippen molar-refractivity contribution in [2.45, 2.75) is 84.2 Å². The first-order chi connectivity index (χ1) is 19.5. The van der Waals surface area contributed by atoms with E-state index < -0.39 is 16.1 Å². The van der Waals surface area contributed by atoms with E-state index in [-0.39, 0.29) is 35.1 Å². The Morgan fingerprint density at radius 2 is 1.71 bits per heavy atom. The van der Waals surface area contributed by atoms with Gasteiger partial charge in [-0.2, -0.15) is 0 Å². The molecule has 222 valence electrons. The minimum absolute atomic E-state index is 0.0225. The van der Waals surface area contributed by atoms with Gasteiger partial charge in [-0.05, 0) is 43.4 Å². The van der Waals surface area contributed by atoms with Crippen LogP contribution in [0.2, 0.25) is 0 Å². The molecule has 0 aliphatic heterocycles. The minimum atomic E-state index is -3.97. The molecule has 0 aliphatic carbocycles. The number of amides is 2. The first kappa shape index (κ1) is 31.9. The predicted molar refractivity (Wildman–Crippen MR) is 161 cm³/mol. The molecular weight excluding hydrogens is 540 g/mol. The zero-order valence-electron chi connectivity index (χ0n) is 24.9. The summed E-state index contributed by atoms with van der Waals surface area (Å²) in [5, 5.41) is 6.57. The number of likely N-dealkylation sites (N-methyl/N-ethyl adjacent to an activating group) is 1. The standard InChI is InChI=1S/C31H42N4O5S/c1-7-9-10-15-28(36)35(29(21(3)8-2)30(37)32-6)20-24-16-18-25(19-17-24)26-13-11-12-14-27(26)41(38,39)34-31-22(4)23(5)33-40-31/h11-14,16-19,21,29,34H,7-10,15,20H2,1-6H3,(H,32,37)/t21?,29-/m0/s1. The van der Waals surface area contributed by atoms with Crippen molar-refractivity contribution in [3.63, 3.8) is 0 Å². The Kier molecular flexibility index (Phi) is 11.1. The number of carbonyl (C=O) groups is 2. The van der Waals surface area contributed by atoms with E-state index >= 15 is 0 Å². The summed E-state index contributed by atoms with van der Waals surface area (Å²) in [7, 11) is -2.38. The molecule has 0 spiro atoms. The van der Waals surface area contributed by atoms with E-state index in [4.69, 9.17) is 4.52 Å². The van der Waals surface area contributed by atoms with Crippen LogP contribution in [0.4, 0.5) is 5.88 Å². The van der Waals surface area contributed by atoms with E-state index in [9.17, 15) is 18.0 Å². The lowest BCUT2D eigenvalue weighted by Gasteiger charge is -2.34. The molecule has 0 saturated heterocycles. The van der Waals surface area contributed by atoms with Gasteiger partial charge in [-0.15, -0.1) is 0 Å². The molecule has 9 nitrogen and oxygen atoms in total. The number of nitrogens with one attached hydrogen (secondary N) is 2. The van der Waals surface area contributed by atoms with Gasteiger partial charge in [0.1, 0.15) is 6.04 Å². The van der Waals surface area contributed by atoms with Crippen molar-refractivity contribution in [1.82, 2.24) is 15.4 Å². The summed E-state index contributed by atoms with van der Waals surface area (Å²) >= 11 is 0. The number of hydrogen-bond donors (Lipinski definition) is 2. The fourth-order valence-electron chi connectivity index (χ4n) is 4.70. The van der Waals surface area contributed by atoms with Gasteiger partial charge in [0, 0.05) is 31.1 Å². The summed E-state index contributed by atoms with van der Waals surface area (Å²) in [5.74, 6) is -0.158. The monoisotopic (exact) mass is 582 g/mol. The van der Waals surface area contributed by atoms with Crippen LogP contribution in [0.15, 0.2) is 57.9 Å². The van der Waals surface area contributed by atoms with Crippen LogP contribution >= 0.6 is 0 Å². The molecular formula is C31H42N4O5S. The lowest BCUT2D eigenvalue weighted by Crippen LogP contribution is -2.51. The van der Waals surface area contributed by atoms with E-state index in [1.54, 1.807) is 50.1 Å². The topological polar surface area (TPSA) is 122 Å². The lowest BCUT2D eigenvalue weighted by atomic mass is 9.95. The number of unbranched alkanes of at least 4 members (excludes halogenated alkanes) is 2. The molecule has 10 heteroatoms. The van der Waals surface area contributed by atoms with Gasteiger partial charge in [0.05, 0.1) is 10.6 Å². The van der Waals surface area contributed by atoms with Crippen molar-refractivity contribution in [2.75, 3.05) is 11.8 Å². The van der Waals surface area contributed by atoms with Gasteiger partial charge in [0.15, 0.2) is 0 Å². The van der Waals surface area contributed by atoms with Crippen LogP contribution in [0, 0.1) is 19.8 Å². The molecule has 1 aromatic heterocycles. The molecule has 1 heterocycles. The van der Waals surface area contributed by atoms with Crippen LogP contribution in [0.1, 0.15) is 69.7 Å². The SMILES string of the molecule is CCCCCC(=O)N(Cc1ccc(-c2ccccc2S(=O)(=O)Nc2onc(C)c2C)cc1)[C@H](C(=O)NC)C(C)CC. The fourth-order valence-corrected chi connectivity index (χ4v) is 5.98. The van der Waals surface area contributed by atoms with Gasteiger partial charge < -0.3 is 14.7 Å². The normalized spacial score (nSPS) is 12.9. The maximum Gasteiger partial charge on any atom is 0.264 e. The van der Waals surface area contributed by atoms with E-state index in [2.05, 4.69) is 22.1 Å². The molecule has 1 unspecified atom stereocenters. The quantitative estimate of drug-likeness (QED) is 0.231. The lowest BCUT2D eigenvalue weighted by molar-refractivity contribution is -0.143. The highest BCUT2D eigenvalue weighted by Crippen LogP contribution is 2.30. The Morgan fingerprint density at radius 1 is 1.02 bits per heavy atom. The molecule has 2 atom stereocenters. The highest BCUT2D eigenvalue weighted by Gasteiger charge is 2.33. The summed E-state index contributed by atoms with van der Waals surface area (Å²) in [6.45, 7) is 9.85. The number of benzene rings is 2. The summed E-state index contributed by atoms with van der Waals surface area (Å²) in [6.07, 6.45) is 3.87. The van der Waals surface area contributed by atoms with Gasteiger partial charge >= 0.3 is 0 Å². The molecule has 0 aliphatic rings. The molecule has 2 N–H and O–H groups in total. The number of sulfonamides is 1. The summed E-state index contributed by atoms with van der Waals surface area (Å²) in [6, 6.07) is 13.6. The van der Waals surface area contributed by atoms with Crippen LogP contribution in [-0.4, -0.2) is 43.4 Å². The minimum Gasteiger partial charge on any atom is -0.357 e.